The van der Waals surface area contributed by atoms with Gasteiger partial charge in [0.25, 0.3) is 0 Å². The Kier molecular flexibility index (Phi) is 3.34. The maximum absolute atomic E-state index is 5.65. The van der Waals surface area contributed by atoms with E-state index in [1.54, 1.807) is 0 Å². The number of fused-ring (bicyclic) bond motifs is 1. The zero-order chi connectivity index (χ0) is 13.5. The van der Waals surface area contributed by atoms with Crippen LogP contribution in [0.2, 0.25) is 0 Å². The summed E-state index contributed by atoms with van der Waals surface area (Å²) < 4.78 is 0.991. The number of nitrogen functional groups attached to an aromatic ring is 1. The summed E-state index contributed by atoms with van der Waals surface area (Å²) in [4.78, 5) is 4.77. The Balaban J connectivity index is 2.88. The van der Waals surface area contributed by atoms with Gasteiger partial charge in [-0.3, -0.25) is 10.8 Å². The summed E-state index contributed by atoms with van der Waals surface area (Å²) in [6.45, 7) is 8.50. The van der Waals surface area contributed by atoms with Crippen molar-refractivity contribution < 1.29 is 0 Å². The first kappa shape index (κ1) is 13.3. The Hall–Kier alpha value is -1.13. The number of anilines is 1. The number of aromatic nitrogens is 1. The van der Waals surface area contributed by atoms with Crippen LogP contribution >= 0.6 is 15.9 Å². The van der Waals surface area contributed by atoms with Gasteiger partial charge in [0, 0.05) is 21.0 Å². The maximum Gasteiger partial charge on any atom is 0.0871 e. The molecule has 0 amide bonds. The van der Waals surface area contributed by atoms with Gasteiger partial charge in [0.2, 0.25) is 0 Å². The number of nitrogens with two attached hydrogens (primary N) is 1. The predicted octanol–water partition coefficient (Wildman–Crippen LogP) is 3.89. The molecule has 1 heterocycles. The van der Waals surface area contributed by atoms with Crippen LogP contribution in [0.25, 0.3) is 10.9 Å². The molecule has 0 unspecified atom stereocenters. The summed E-state index contributed by atoms with van der Waals surface area (Å²) in [6.07, 6.45) is 0. The van der Waals surface area contributed by atoms with Crippen LogP contribution in [-0.2, 0) is 5.41 Å². The third-order valence-electron chi connectivity index (χ3n) is 3.04. The van der Waals surface area contributed by atoms with Gasteiger partial charge in [0.05, 0.1) is 11.2 Å². The summed E-state index contributed by atoms with van der Waals surface area (Å²) in [5.41, 5.74) is 6.84. The zero-order valence-electron chi connectivity index (χ0n) is 11.1. The molecular weight excluding hydrogens is 290 g/mol. The Morgan fingerprint density at radius 1 is 1.28 bits per heavy atom. The van der Waals surface area contributed by atoms with E-state index in [9.17, 15) is 0 Å². The van der Waals surface area contributed by atoms with Crippen LogP contribution in [0.5, 0.6) is 0 Å². The first-order valence-corrected chi connectivity index (χ1v) is 6.71. The molecule has 1 aromatic heterocycles. The van der Waals surface area contributed by atoms with Crippen LogP contribution in [0.1, 0.15) is 32.0 Å². The van der Waals surface area contributed by atoms with Crippen molar-refractivity contribution in [3.05, 3.63) is 33.9 Å². The zero-order valence-corrected chi connectivity index (χ0v) is 12.7. The Morgan fingerprint density at radius 2 is 1.94 bits per heavy atom. The lowest BCUT2D eigenvalue weighted by molar-refractivity contribution is 0.571. The molecule has 0 fully saturated rings. The third kappa shape index (κ3) is 2.22. The largest absolute Gasteiger partial charge is 0.323 e. The summed E-state index contributed by atoms with van der Waals surface area (Å²) in [6, 6.07) is 6.12. The van der Waals surface area contributed by atoms with Crippen LogP contribution in [0, 0.1) is 6.92 Å². The molecule has 96 valence electrons. The predicted molar refractivity (Wildman–Crippen MR) is 80.7 cm³/mol. The molecule has 1 aromatic carbocycles. The van der Waals surface area contributed by atoms with Crippen molar-refractivity contribution in [3.63, 3.8) is 0 Å². The van der Waals surface area contributed by atoms with Gasteiger partial charge in [-0.25, -0.2) is 0 Å². The number of aryl methyl sites for hydroxylation is 1. The highest BCUT2D eigenvalue weighted by Crippen LogP contribution is 2.34. The number of hydrogen-bond acceptors (Lipinski definition) is 3. The molecular formula is C14H18BrN3. The van der Waals surface area contributed by atoms with E-state index in [-0.39, 0.29) is 5.41 Å². The van der Waals surface area contributed by atoms with Crippen molar-refractivity contribution in [2.75, 3.05) is 5.43 Å². The number of rotatable bonds is 1. The van der Waals surface area contributed by atoms with E-state index in [2.05, 4.69) is 55.1 Å². The minimum Gasteiger partial charge on any atom is -0.323 e. The van der Waals surface area contributed by atoms with Crippen LogP contribution < -0.4 is 11.3 Å². The molecule has 0 atom stereocenters. The molecule has 0 aliphatic carbocycles. The van der Waals surface area contributed by atoms with Crippen molar-refractivity contribution in [2.45, 2.75) is 33.1 Å². The molecule has 3 N–H and O–H groups in total. The molecule has 18 heavy (non-hydrogen) atoms. The SMILES string of the molecule is Cc1ccc(Br)c2nc(C(C)(C)C)cc(NN)c12. The second-order valence-electron chi connectivity index (χ2n) is 5.54. The maximum atomic E-state index is 5.65. The molecule has 2 rings (SSSR count). The van der Waals surface area contributed by atoms with Crippen molar-refractivity contribution in [2.24, 2.45) is 5.84 Å². The van der Waals surface area contributed by atoms with Crippen LogP contribution in [-0.4, -0.2) is 4.98 Å². The van der Waals surface area contributed by atoms with Gasteiger partial charge in [0.1, 0.15) is 0 Å². The van der Waals surface area contributed by atoms with Gasteiger partial charge in [0.15, 0.2) is 0 Å². The fourth-order valence-corrected chi connectivity index (χ4v) is 2.39. The molecule has 0 aliphatic heterocycles. The van der Waals surface area contributed by atoms with Gasteiger partial charge in [-0.05, 0) is 40.5 Å². The second-order valence-corrected chi connectivity index (χ2v) is 6.39. The lowest BCUT2D eigenvalue weighted by Gasteiger charge is -2.21. The number of hydrazine groups is 1. The van der Waals surface area contributed by atoms with Gasteiger partial charge in [-0.15, -0.1) is 0 Å². The van der Waals surface area contributed by atoms with E-state index >= 15 is 0 Å². The lowest BCUT2D eigenvalue weighted by atomic mass is 9.90. The van der Waals surface area contributed by atoms with Gasteiger partial charge >= 0.3 is 0 Å². The quantitative estimate of drug-likeness (QED) is 0.621. The Morgan fingerprint density at radius 3 is 2.50 bits per heavy atom. The Bertz CT molecular complexity index is 600. The van der Waals surface area contributed by atoms with Gasteiger partial charge < -0.3 is 5.43 Å². The minimum atomic E-state index is -0.0109. The third-order valence-corrected chi connectivity index (χ3v) is 3.68. The topological polar surface area (TPSA) is 50.9 Å². The van der Waals surface area contributed by atoms with E-state index in [1.807, 2.05) is 12.1 Å². The highest BCUT2D eigenvalue weighted by Gasteiger charge is 2.19. The van der Waals surface area contributed by atoms with Crippen molar-refractivity contribution >= 4 is 32.5 Å². The molecule has 4 heteroatoms. The number of nitrogens with zero attached hydrogens (tertiary/aromatic N) is 1. The second kappa shape index (κ2) is 4.52. The number of nitrogens with one attached hydrogen (secondary N) is 1. The first-order valence-electron chi connectivity index (χ1n) is 5.91. The molecule has 3 nitrogen and oxygen atoms in total. The highest BCUT2D eigenvalue weighted by atomic mass is 79.9. The molecule has 0 radical (unpaired) electrons. The number of halogens is 1. The number of pyridine rings is 1. The monoisotopic (exact) mass is 307 g/mol. The fraction of sp³-hybridized carbons (Fsp3) is 0.357. The van der Waals surface area contributed by atoms with Gasteiger partial charge in [-0.1, -0.05) is 26.8 Å². The summed E-state index contributed by atoms with van der Waals surface area (Å²) in [7, 11) is 0. The van der Waals surface area contributed by atoms with Crippen molar-refractivity contribution in [1.29, 1.82) is 0 Å². The molecule has 0 saturated carbocycles. The first-order chi connectivity index (χ1) is 8.34. The molecule has 0 saturated heterocycles. The molecule has 0 spiro atoms. The summed E-state index contributed by atoms with van der Waals surface area (Å²) in [5.74, 6) is 5.65. The fourth-order valence-electron chi connectivity index (χ4n) is 1.98. The van der Waals surface area contributed by atoms with Gasteiger partial charge in [-0.2, -0.15) is 0 Å². The minimum absolute atomic E-state index is 0.0109. The molecule has 0 aliphatic rings. The highest BCUT2D eigenvalue weighted by molar-refractivity contribution is 9.10. The summed E-state index contributed by atoms with van der Waals surface area (Å²) in [5, 5.41) is 1.07. The molecule has 0 bridgehead atoms. The average molecular weight is 308 g/mol. The van der Waals surface area contributed by atoms with E-state index in [0.717, 1.165) is 32.3 Å². The van der Waals surface area contributed by atoms with E-state index in [1.165, 1.54) is 0 Å². The molecule has 2 aromatic rings. The number of hydrogen-bond donors (Lipinski definition) is 2. The van der Waals surface area contributed by atoms with Crippen molar-refractivity contribution in [3.8, 4) is 0 Å². The van der Waals surface area contributed by atoms with Crippen LogP contribution in [0.4, 0.5) is 5.69 Å². The standard InChI is InChI=1S/C14H18BrN3/c1-8-5-6-9(15)13-12(8)10(18-16)7-11(17-13)14(2,3)4/h5-7H,16H2,1-4H3,(H,17,18). The van der Waals surface area contributed by atoms with E-state index < -0.39 is 0 Å². The van der Waals surface area contributed by atoms with Crippen LogP contribution in [0.15, 0.2) is 22.7 Å². The van der Waals surface area contributed by atoms with E-state index in [4.69, 9.17) is 10.8 Å². The van der Waals surface area contributed by atoms with Crippen LogP contribution in [0.3, 0.4) is 0 Å². The average Bonchev–Trinajstić information content (AvgIpc) is 2.31. The normalized spacial score (nSPS) is 11.9. The number of benzene rings is 1. The smallest absolute Gasteiger partial charge is 0.0871 e. The lowest BCUT2D eigenvalue weighted by Crippen LogP contribution is -2.16. The Labute approximate surface area is 116 Å². The van der Waals surface area contributed by atoms with Crippen molar-refractivity contribution in [1.82, 2.24) is 4.98 Å². The van der Waals surface area contributed by atoms with E-state index in [0.29, 0.717) is 0 Å². The summed E-state index contributed by atoms with van der Waals surface area (Å²) >= 11 is 3.56.